The summed E-state index contributed by atoms with van der Waals surface area (Å²) in [6, 6.07) is 10.9. The molecule has 1 aliphatic rings. The normalized spacial score (nSPS) is 24.8. The highest BCUT2D eigenvalue weighted by Gasteiger charge is 2.40. The third kappa shape index (κ3) is 4.47. The minimum Gasteiger partial charge on any atom is -0.381 e. The molecule has 1 saturated carbocycles. The van der Waals surface area contributed by atoms with Crippen LogP contribution in [-0.4, -0.2) is 18.2 Å². The van der Waals surface area contributed by atoms with Gasteiger partial charge in [-0.15, -0.1) is 0 Å². The Morgan fingerprint density at radius 3 is 2.57 bits per heavy atom. The van der Waals surface area contributed by atoms with Crippen molar-refractivity contribution < 1.29 is 4.74 Å². The number of anilines is 1. The molecule has 3 rings (SSSR count). The van der Waals surface area contributed by atoms with Gasteiger partial charge in [-0.3, -0.25) is 4.98 Å². The smallest absolute Gasteiger partial charge is 0.0662 e. The Hall–Kier alpha value is -2.13. The van der Waals surface area contributed by atoms with E-state index in [1.54, 1.807) is 0 Å². The van der Waals surface area contributed by atoms with Crippen molar-refractivity contribution in [1.29, 1.82) is 0 Å². The lowest BCUT2D eigenvalue weighted by atomic mass is 9.67. The lowest BCUT2D eigenvalue weighted by Crippen LogP contribution is -2.39. The Bertz CT molecular complexity index is 829. The molecular formula is C25H34N2O. The SMILES string of the molecule is C=C(Nc1ccc(C)c(C)c1)C1C(OC)CC(CC)CC1c1ccnc(C)c1. The van der Waals surface area contributed by atoms with Crippen LogP contribution in [0.4, 0.5) is 5.69 Å². The van der Waals surface area contributed by atoms with Crippen molar-refractivity contribution in [2.24, 2.45) is 11.8 Å². The summed E-state index contributed by atoms with van der Waals surface area (Å²) >= 11 is 0. The lowest BCUT2D eigenvalue weighted by molar-refractivity contribution is 0.00700. The van der Waals surface area contributed by atoms with Gasteiger partial charge in [0.25, 0.3) is 0 Å². The molecule has 0 bridgehead atoms. The fraction of sp³-hybridized carbons (Fsp3) is 0.480. The number of nitrogens with zero attached hydrogens (tertiary/aromatic N) is 1. The molecule has 3 nitrogen and oxygen atoms in total. The van der Waals surface area contributed by atoms with Gasteiger partial charge in [-0.25, -0.2) is 0 Å². The van der Waals surface area contributed by atoms with Crippen molar-refractivity contribution in [3.05, 3.63) is 71.2 Å². The summed E-state index contributed by atoms with van der Waals surface area (Å²) in [4.78, 5) is 4.40. The topological polar surface area (TPSA) is 34.1 Å². The van der Waals surface area contributed by atoms with Gasteiger partial charge < -0.3 is 10.1 Å². The molecule has 1 heterocycles. The minimum absolute atomic E-state index is 0.170. The molecule has 0 saturated heterocycles. The standard InChI is InChI=1S/C25H34N2O/c1-7-20-14-23(21-10-11-26-18(4)13-21)25(24(15-20)28-6)19(5)27-22-9-8-16(2)17(3)12-22/h8-13,20,23-25,27H,5,7,14-15H2,1-4,6H3. The maximum atomic E-state index is 6.00. The quantitative estimate of drug-likeness (QED) is 0.653. The van der Waals surface area contributed by atoms with Crippen molar-refractivity contribution in [3.63, 3.8) is 0 Å². The summed E-state index contributed by atoms with van der Waals surface area (Å²) in [5.41, 5.74) is 7.16. The molecule has 2 aromatic rings. The van der Waals surface area contributed by atoms with Gasteiger partial charge in [0.1, 0.15) is 0 Å². The average molecular weight is 379 g/mol. The van der Waals surface area contributed by atoms with Crippen molar-refractivity contribution in [1.82, 2.24) is 4.98 Å². The summed E-state index contributed by atoms with van der Waals surface area (Å²) in [5, 5.41) is 3.60. The van der Waals surface area contributed by atoms with E-state index in [0.717, 1.165) is 29.9 Å². The largest absolute Gasteiger partial charge is 0.381 e. The van der Waals surface area contributed by atoms with Crippen LogP contribution in [-0.2, 0) is 4.74 Å². The van der Waals surface area contributed by atoms with Crippen LogP contribution < -0.4 is 5.32 Å². The lowest BCUT2D eigenvalue weighted by Gasteiger charge is -2.42. The van der Waals surface area contributed by atoms with Crippen LogP contribution in [0.15, 0.2) is 48.8 Å². The van der Waals surface area contributed by atoms with Crippen LogP contribution in [0.5, 0.6) is 0 Å². The highest BCUT2D eigenvalue weighted by molar-refractivity contribution is 5.52. The van der Waals surface area contributed by atoms with E-state index in [4.69, 9.17) is 4.74 Å². The van der Waals surface area contributed by atoms with Crippen molar-refractivity contribution in [2.75, 3.05) is 12.4 Å². The van der Waals surface area contributed by atoms with E-state index in [2.05, 4.69) is 74.9 Å². The first-order chi connectivity index (χ1) is 13.4. The van der Waals surface area contributed by atoms with Gasteiger partial charge in [-0.2, -0.15) is 0 Å². The monoisotopic (exact) mass is 378 g/mol. The molecule has 1 aliphatic carbocycles. The van der Waals surface area contributed by atoms with E-state index in [-0.39, 0.29) is 12.0 Å². The van der Waals surface area contributed by atoms with E-state index in [1.165, 1.54) is 23.1 Å². The molecule has 0 aliphatic heterocycles. The van der Waals surface area contributed by atoms with E-state index in [0.29, 0.717) is 11.8 Å². The summed E-state index contributed by atoms with van der Waals surface area (Å²) in [7, 11) is 1.84. The molecule has 1 aromatic heterocycles. The number of rotatable bonds is 6. The zero-order valence-corrected chi connectivity index (χ0v) is 18.0. The van der Waals surface area contributed by atoms with Crippen molar-refractivity contribution >= 4 is 5.69 Å². The van der Waals surface area contributed by atoms with Crippen molar-refractivity contribution in [2.45, 2.75) is 59.0 Å². The van der Waals surface area contributed by atoms with Gasteiger partial charge in [0.15, 0.2) is 0 Å². The predicted octanol–water partition coefficient (Wildman–Crippen LogP) is 6.17. The molecule has 150 valence electrons. The van der Waals surface area contributed by atoms with Crippen LogP contribution >= 0.6 is 0 Å². The molecule has 4 atom stereocenters. The highest BCUT2D eigenvalue weighted by atomic mass is 16.5. The van der Waals surface area contributed by atoms with Gasteiger partial charge in [0, 0.05) is 36.3 Å². The zero-order chi connectivity index (χ0) is 20.3. The zero-order valence-electron chi connectivity index (χ0n) is 18.0. The van der Waals surface area contributed by atoms with Crippen LogP contribution in [0, 0.1) is 32.6 Å². The molecule has 3 heteroatoms. The Morgan fingerprint density at radius 2 is 1.93 bits per heavy atom. The molecule has 0 amide bonds. The molecule has 28 heavy (non-hydrogen) atoms. The van der Waals surface area contributed by atoms with Crippen LogP contribution in [0.25, 0.3) is 0 Å². The third-order valence-electron chi connectivity index (χ3n) is 6.43. The molecule has 0 spiro atoms. The Labute approximate surface area is 170 Å². The maximum Gasteiger partial charge on any atom is 0.0662 e. The fourth-order valence-corrected chi connectivity index (χ4v) is 4.61. The Balaban J connectivity index is 1.92. The van der Waals surface area contributed by atoms with Crippen LogP contribution in [0.2, 0.25) is 0 Å². The second kappa shape index (κ2) is 8.91. The average Bonchev–Trinajstić information content (AvgIpc) is 2.69. The molecule has 1 fully saturated rings. The summed E-state index contributed by atoms with van der Waals surface area (Å²) in [6.45, 7) is 13.1. The molecular weight excluding hydrogens is 344 g/mol. The number of pyridine rings is 1. The maximum absolute atomic E-state index is 6.00. The second-order valence-electron chi connectivity index (χ2n) is 8.33. The fourth-order valence-electron chi connectivity index (χ4n) is 4.61. The van der Waals surface area contributed by atoms with Gasteiger partial charge in [0.2, 0.25) is 0 Å². The number of nitrogens with one attached hydrogen (secondary N) is 1. The van der Waals surface area contributed by atoms with Gasteiger partial charge >= 0.3 is 0 Å². The number of hydrogen-bond acceptors (Lipinski definition) is 3. The summed E-state index contributed by atoms with van der Waals surface area (Å²) < 4.78 is 6.00. The van der Waals surface area contributed by atoms with Gasteiger partial charge in [-0.1, -0.05) is 26.0 Å². The van der Waals surface area contributed by atoms with E-state index in [1.807, 2.05) is 13.3 Å². The third-order valence-corrected chi connectivity index (χ3v) is 6.43. The van der Waals surface area contributed by atoms with Crippen molar-refractivity contribution in [3.8, 4) is 0 Å². The number of aryl methyl sites for hydroxylation is 3. The Morgan fingerprint density at radius 1 is 1.14 bits per heavy atom. The van der Waals surface area contributed by atoms with E-state index in [9.17, 15) is 0 Å². The highest BCUT2D eigenvalue weighted by Crippen LogP contribution is 2.46. The molecule has 4 unspecified atom stereocenters. The minimum atomic E-state index is 0.170. The van der Waals surface area contributed by atoms with Crippen LogP contribution in [0.1, 0.15) is 54.5 Å². The number of benzene rings is 1. The predicted molar refractivity (Wildman–Crippen MR) is 118 cm³/mol. The number of methoxy groups -OCH3 is 1. The van der Waals surface area contributed by atoms with Gasteiger partial charge in [-0.05, 0) is 86.4 Å². The first-order valence-electron chi connectivity index (χ1n) is 10.4. The molecule has 1 N–H and O–H groups in total. The first-order valence-corrected chi connectivity index (χ1v) is 10.4. The Kier molecular flexibility index (Phi) is 6.56. The van der Waals surface area contributed by atoms with E-state index >= 15 is 0 Å². The first kappa shape index (κ1) is 20.6. The molecule has 0 radical (unpaired) electrons. The molecule has 1 aromatic carbocycles. The number of hydrogen-bond donors (Lipinski definition) is 1. The van der Waals surface area contributed by atoms with Crippen LogP contribution in [0.3, 0.4) is 0 Å². The number of ether oxygens (including phenoxy) is 1. The summed E-state index contributed by atoms with van der Waals surface area (Å²) in [6.07, 6.45) is 5.54. The summed E-state index contributed by atoms with van der Waals surface area (Å²) in [5.74, 6) is 1.29. The number of aromatic nitrogens is 1. The second-order valence-corrected chi connectivity index (χ2v) is 8.33. The van der Waals surface area contributed by atoms with E-state index < -0.39 is 0 Å². The van der Waals surface area contributed by atoms with Gasteiger partial charge in [0.05, 0.1) is 6.10 Å².